The maximum Gasteiger partial charge on any atom is 0.279 e. The van der Waals surface area contributed by atoms with E-state index in [1.807, 2.05) is 30.9 Å². The second-order valence-corrected chi connectivity index (χ2v) is 8.33. The van der Waals surface area contributed by atoms with Crippen molar-refractivity contribution in [2.24, 2.45) is 4.99 Å². The van der Waals surface area contributed by atoms with Gasteiger partial charge in [-0.2, -0.15) is 0 Å². The molecule has 0 radical (unpaired) electrons. The first kappa shape index (κ1) is 21.6. The first-order chi connectivity index (χ1) is 15.1. The maximum atomic E-state index is 12.0. The molecule has 0 spiro atoms. The monoisotopic (exact) mass is 445 g/mol. The van der Waals surface area contributed by atoms with E-state index in [4.69, 9.17) is 16.3 Å². The molecular weight excluding hydrogens is 418 g/mol. The summed E-state index contributed by atoms with van der Waals surface area (Å²) in [6.07, 6.45) is 11.4. The largest absolute Gasteiger partial charge is 0.492 e. The molecule has 2 aromatic rings. The molecule has 2 aliphatic heterocycles. The molecule has 9 heteroatoms. The molecule has 3 heterocycles. The van der Waals surface area contributed by atoms with Crippen LogP contribution in [0.5, 0.6) is 5.75 Å². The van der Waals surface area contributed by atoms with E-state index < -0.39 is 6.23 Å². The van der Waals surface area contributed by atoms with Gasteiger partial charge in [-0.15, -0.1) is 0 Å². The van der Waals surface area contributed by atoms with Gasteiger partial charge in [-0.05, 0) is 25.0 Å². The molecule has 0 saturated carbocycles. The number of aromatic nitrogens is 2. The van der Waals surface area contributed by atoms with Crippen LogP contribution in [-0.2, 0) is 17.9 Å². The minimum absolute atomic E-state index is 0.320. The van der Waals surface area contributed by atoms with Gasteiger partial charge in [0.25, 0.3) is 5.91 Å². The summed E-state index contributed by atoms with van der Waals surface area (Å²) >= 11 is 6.57. The summed E-state index contributed by atoms with van der Waals surface area (Å²) in [4.78, 5) is 23.5. The van der Waals surface area contributed by atoms with Crippen molar-refractivity contribution < 1.29 is 14.6 Å². The third kappa shape index (κ3) is 4.70. The second-order valence-electron chi connectivity index (χ2n) is 7.96. The van der Waals surface area contributed by atoms with Gasteiger partial charge in [0.15, 0.2) is 0 Å². The predicted octanol–water partition coefficient (Wildman–Crippen LogP) is 3.55. The van der Waals surface area contributed by atoms with Crippen molar-refractivity contribution in [2.75, 3.05) is 13.7 Å². The van der Waals surface area contributed by atoms with E-state index in [0.29, 0.717) is 35.6 Å². The summed E-state index contributed by atoms with van der Waals surface area (Å²) in [5, 5.41) is 10.6. The van der Waals surface area contributed by atoms with Crippen molar-refractivity contribution >= 4 is 29.2 Å². The third-order valence-electron chi connectivity index (χ3n) is 5.76. The van der Waals surface area contributed by atoms with Crippen LogP contribution in [0, 0.1) is 0 Å². The SMILES string of the molecule is CN1C(=O)C(O)N2Cc3c(ccc(OCCCCCCCCn4ccnc4)c3Cl)N=C12. The molecule has 1 atom stereocenters. The number of halogens is 1. The summed E-state index contributed by atoms with van der Waals surface area (Å²) in [5.74, 6) is 0.674. The highest BCUT2D eigenvalue weighted by Gasteiger charge is 2.42. The van der Waals surface area contributed by atoms with Crippen LogP contribution in [0.1, 0.15) is 44.1 Å². The number of nitrogens with zero attached hydrogens (tertiary/aromatic N) is 5. The van der Waals surface area contributed by atoms with Gasteiger partial charge in [-0.1, -0.05) is 37.3 Å². The molecule has 1 unspecified atom stereocenters. The number of unbranched alkanes of at least 4 members (excludes halogenated alkanes) is 5. The fourth-order valence-electron chi connectivity index (χ4n) is 3.94. The molecule has 1 aromatic carbocycles. The number of imidazole rings is 1. The highest BCUT2D eigenvalue weighted by molar-refractivity contribution is 6.33. The van der Waals surface area contributed by atoms with Crippen LogP contribution in [0.3, 0.4) is 0 Å². The van der Waals surface area contributed by atoms with Crippen LogP contribution in [0.2, 0.25) is 5.02 Å². The van der Waals surface area contributed by atoms with Gasteiger partial charge in [0.2, 0.25) is 12.2 Å². The molecule has 1 fully saturated rings. The lowest BCUT2D eigenvalue weighted by molar-refractivity contribution is -0.136. The summed E-state index contributed by atoms with van der Waals surface area (Å²) in [6, 6.07) is 3.67. The Morgan fingerprint density at radius 2 is 1.97 bits per heavy atom. The fourth-order valence-corrected chi connectivity index (χ4v) is 4.22. The van der Waals surface area contributed by atoms with Gasteiger partial charge in [0.05, 0.1) is 30.2 Å². The van der Waals surface area contributed by atoms with Crippen LogP contribution in [0.4, 0.5) is 5.69 Å². The molecule has 2 aliphatic rings. The number of carbonyl (C=O) groups is 1. The number of aliphatic imine (C=N–C) groups is 1. The van der Waals surface area contributed by atoms with E-state index in [-0.39, 0.29) is 5.91 Å². The summed E-state index contributed by atoms with van der Waals surface area (Å²) < 4.78 is 8.02. The Morgan fingerprint density at radius 3 is 2.74 bits per heavy atom. The number of aliphatic hydroxyl groups is 1. The number of fused-ring (bicyclic) bond motifs is 2. The van der Waals surface area contributed by atoms with Crippen LogP contribution >= 0.6 is 11.6 Å². The number of carbonyl (C=O) groups excluding carboxylic acids is 1. The van der Waals surface area contributed by atoms with Gasteiger partial charge < -0.3 is 19.3 Å². The molecule has 0 bridgehead atoms. The maximum absolute atomic E-state index is 12.0. The fraction of sp³-hybridized carbons (Fsp3) is 0.500. The number of rotatable bonds is 10. The average Bonchev–Trinajstić information content (AvgIpc) is 3.37. The Hall–Kier alpha value is -2.58. The minimum atomic E-state index is -1.22. The number of likely N-dealkylation sites (N-methyl/N-ethyl adjacent to an activating group) is 1. The van der Waals surface area contributed by atoms with E-state index in [2.05, 4.69) is 14.5 Å². The van der Waals surface area contributed by atoms with Crippen molar-refractivity contribution in [3.8, 4) is 5.75 Å². The molecule has 1 N–H and O–H groups in total. The Kier molecular flexibility index (Phi) is 6.77. The zero-order valence-electron chi connectivity index (χ0n) is 17.7. The van der Waals surface area contributed by atoms with E-state index in [1.54, 1.807) is 11.9 Å². The number of hydrogen-bond donors (Lipinski definition) is 1. The molecule has 0 aliphatic carbocycles. The van der Waals surface area contributed by atoms with Gasteiger partial charge in [0.1, 0.15) is 5.75 Å². The molecule has 1 aromatic heterocycles. The van der Waals surface area contributed by atoms with E-state index >= 15 is 0 Å². The average molecular weight is 446 g/mol. The summed E-state index contributed by atoms with van der Waals surface area (Å²) in [6.45, 7) is 1.96. The van der Waals surface area contributed by atoms with Crippen LogP contribution in [0.25, 0.3) is 0 Å². The number of aliphatic hydroxyl groups excluding tert-OH is 1. The molecule has 8 nitrogen and oxygen atoms in total. The lowest BCUT2D eigenvalue weighted by atomic mass is 10.1. The Morgan fingerprint density at radius 1 is 1.19 bits per heavy atom. The smallest absolute Gasteiger partial charge is 0.279 e. The van der Waals surface area contributed by atoms with Gasteiger partial charge >= 0.3 is 0 Å². The van der Waals surface area contributed by atoms with E-state index in [1.165, 1.54) is 30.6 Å². The predicted molar refractivity (Wildman–Crippen MR) is 118 cm³/mol. The zero-order valence-corrected chi connectivity index (χ0v) is 18.5. The minimum Gasteiger partial charge on any atom is -0.492 e. The second kappa shape index (κ2) is 9.70. The van der Waals surface area contributed by atoms with Crippen LogP contribution in [-0.4, -0.2) is 56.2 Å². The first-order valence-corrected chi connectivity index (χ1v) is 11.1. The molecule has 4 rings (SSSR count). The number of ether oxygens (including phenoxy) is 1. The molecule has 166 valence electrons. The zero-order chi connectivity index (χ0) is 21.8. The quantitative estimate of drug-likeness (QED) is 0.565. The van der Waals surface area contributed by atoms with Crippen molar-refractivity contribution in [1.29, 1.82) is 0 Å². The molecule has 31 heavy (non-hydrogen) atoms. The number of guanidine groups is 1. The van der Waals surface area contributed by atoms with Gasteiger partial charge in [-0.3, -0.25) is 9.69 Å². The number of aryl methyl sites for hydroxylation is 1. The van der Waals surface area contributed by atoms with Crippen LogP contribution < -0.4 is 4.74 Å². The van der Waals surface area contributed by atoms with E-state index in [0.717, 1.165) is 24.9 Å². The summed E-state index contributed by atoms with van der Waals surface area (Å²) in [7, 11) is 1.61. The Bertz CT molecular complexity index is 947. The van der Waals surface area contributed by atoms with Crippen molar-refractivity contribution in [3.05, 3.63) is 41.4 Å². The highest BCUT2D eigenvalue weighted by Crippen LogP contribution is 2.40. The van der Waals surface area contributed by atoms with Crippen molar-refractivity contribution in [1.82, 2.24) is 19.4 Å². The lowest BCUT2D eigenvalue weighted by Crippen LogP contribution is -2.37. The number of hydrogen-bond acceptors (Lipinski definition) is 6. The number of benzene rings is 1. The first-order valence-electron chi connectivity index (χ1n) is 10.8. The topological polar surface area (TPSA) is 83.2 Å². The Labute approximate surface area is 187 Å². The standard InChI is InChI=1S/C22H28ClN5O3/c1-26-20(29)21(30)28-14-16-17(25-22(26)28)8-9-18(19(16)23)31-13-7-5-3-2-4-6-11-27-12-10-24-15-27/h8-10,12,15,21,30H,2-7,11,13-14H2,1H3. The van der Waals surface area contributed by atoms with Gasteiger partial charge in [-0.25, -0.2) is 9.98 Å². The highest BCUT2D eigenvalue weighted by atomic mass is 35.5. The molecular formula is C22H28ClN5O3. The Balaban J connectivity index is 1.20. The number of amides is 1. The summed E-state index contributed by atoms with van der Waals surface area (Å²) in [5.41, 5.74) is 1.47. The normalized spacial score (nSPS) is 17.6. The van der Waals surface area contributed by atoms with Gasteiger partial charge in [0, 0.05) is 31.5 Å². The van der Waals surface area contributed by atoms with Crippen LogP contribution in [0.15, 0.2) is 35.8 Å². The molecule has 1 amide bonds. The molecule has 1 saturated heterocycles. The van der Waals surface area contributed by atoms with Crippen molar-refractivity contribution in [3.63, 3.8) is 0 Å². The third-order valence-corrected chi connectivity index (χ3v) is 6.18. The lowest BCUT2D eigenvalue weighted by Gasteiger charge is -2.27. The van der Waals surface area contributed by atoms with E-state index in [9.17, 15) is 9.90 Å². The van der Waals surface area contributed by atoms with Crippen molar-refractivity contribution in [2.45, 2.75) is 57.8 Å².